The first kappa shape index (κ1) is 20.2. The summed E-state index contributed by atoms with van der Waals surface area (Å²) in [5, 5.41) is 6.84. The lowest BCUT2D eigenvalue weighted by atomic mass is 9.99. The third kappa shape index (κ3) is 5.72. The van der Waals surface area contributed by atoms with Gasteiger partial charge in [-0.25, -0.2) is 9.98 Å². The summed E-state index contributed by atoms with van der Waals surface area (Å²) in [7, 11) is 0. The van der Waals surface area contributed by atoms with E-state index in [4.69, 9.17) is 4.99 Å². The number of nitrogens with one attached hydrogen (secondary N) is 2. The molecule has 0 spiro atoms. The lowest BCUT2D eigenvalue weighted by Gasteiger charge is -2.17. The fourth-order valence-corrected chi connectivity index (χ4v) is 3.53. The molecular weight excluding hydrogens is 346 g/mol. The number of hydrogen-bond donors (Lipinski definition) is 2. The lowest BCUT2D eigenvalue weighted by Crippen LogP contribution is -2.39. The van der Waals surface area contributed by atoms with Gasteiger partial charge in [-0.2, -0.15) is 0 Å². The van der Waals surface area contributed by atoms with Gasteiger partial charge < -0.3 is 15.5 Å². The molecule has 1 fully saturated rings. The van der Waals surface area contributed by atoms with Crippen LogP contribution in [0.25, 0.3) is 0 Å². The predicted octanol–water partition coefficient (Wildman–Crippen LogP) is 3.85. The fourth-order valence-electron chi connectivity index (χ4n) is 3.53. The van der Waals surface area contributed by atoms with Crippen molar-refractivity contribution in [2.75, 3.05) is 31.1 Å². The van der Waals surface area contributed by atoms with Gasteiger partial charge in [0, 0.05) is 32.4 Å². The number of aryl methyl sites for hydroxylation is 1. The third-order valence-corrected chi connectivity index (χ3v) is 5.19. The van der Waals surface area contributed by atoms with Gasteiger partial charge in [0.25, 0.3) is 0 Å². The van der Waals surface area contributed by atoms with Crippen molar-refractivity contribution >= 4 is 11.8 Å². The highest BCUT2D eigenvalue weighted by atomic mass is 15.2. The van der Waals surface area contributed by atoms with Crippen molar-refractivity contribution in [2.45, 2.75) is 46.1 Å². The van der Waals surface area contributed by atoms with E-state index in [0.717, 1.165) is 38.0 Å². The van der Waals surface area contributed by atoms with Crippen LogP contribution in [0, 0.1) is 6.92 Å². The van der Waals surface area contributed by atoms with Crippen molar-refractivity contribution in [1.29, 1.82) is 0 Å². The van der Waals surface area contributed by atoms with Crippen molar-refractivity contribution < 1.29 is 0 Å². The first-order chi connectivity index (χ1) is 13.7. The van der Waals surface area contributed by atoms with E-state index in [2.05, 4.69) is 77.7 Å². The maximum absolute atomic E-state index is 4.78. The summed E-state index contributed by atoms with van der Waals surface area (Å²) < 4.78 is 0. The fraction of sp³-hybridized carbons (Fsp3) is 0.478. The Hall–Kier alpha value is -2.56. The first-order valence-electron chi connectivity index (χ1n) is 10.4. The summed E-state index contributed by atoms with van der Waals surface area (Å²) in [6.45, 7) is 11.1. The molecule has 3 rings (SSSR count). The number of anilines is 1. The average Bonchev–Trinajstić information content (AvgIpc) is 3.25. The zero-order valence-corrected chi connectivity index (χ0v) is 17.4. The number of aliphatic imine (C=N–C) groups is 1. The van der Waals surface area contributed by atoms with Gasteiger partial charge in [-0.15, -0.1) is 0 Å². The molecule has 2 aromatic rings. The van der Waals surface area contributed by atoms with E-state index < -0.39 is 0 Å². The number of benzene rings is 1. The second-order valence-corrected chi connectivity index (χ2v) is 7.61. The van der Waals surface area contributed by atoms with Gasteiger partial charge in [0.15, 0.2) is 5.96 Å². The molecule has 0 radical (unpaired) electrons. The van der Waals surface area contributed by atoms with Crippen LogP contribution in [0.2, 0.25) is 0 Å². The summed E-state index contributed by atoms with van der Waals surface area (Å²) in [4.78, 5) is 11.7. The SMILES string of the molecule is CCNC(=NCc1ccnc(N2CCCC2)c1)NCC(C)c1cccc(C)c1. The zero-order chi connectivity index (χ0) is 19.8. The van der Waals surface area contributed by atoms with Gasteiger partial charge in [0.05, 0.1) is 6.54 Å². The summed E-state index contributed by atoms with van der Waals surface area (Å²) in [6, 6.07) is 12.9. The number of nitrogens with zero attached hydrogens (tertiary/aromatic N) is 3. The van der Waals surface area contributed by atoms with Crippen molar-refractivity contribution in [2.24, 2.45) is 4.99 Å². The van der Waals surface area contributed by atoms with Crippen LogP contribution in [0.1, 0.15) is 49.3 Å². The standard InChI is InChI=1S/C23H33N5/c1-4-24-23(26-16-19(3)21-9-7-8-18(2)14-21)27-17-20-10-11-25-22(15-20)28-12-5-6-13-28/h7-11,14-15,19H,4-6,12-13,16-17H2,1-3H3,(H2,24,26,27). The van der Waals surface area contributed by atoms with Crippen molar-refractivity contribution in [3.05, 3.63) is 59.3 Å². The Morgan fingerprint density at radius 1 is 1.18 bits per heavy atom. The van der Waals surface area contributed by atoms with Crippen LogP contribution in [0.4, 0.5) is 5.82 Å². The Kier molecular flexibility index (Phi) is 7.29. The molecule has 1 aliphatic rings. The molecule has 0 aliphatic carbocycles. The second-order valence-electron chi connectivity index (χ2n) is 7.61. The predicted molar refractivity (Wildman–Crippen MR) is 118 cm³/mol. The number of guanidine groups is 1. The number of hydrogen-bond acceptors (Lipinski definition) is 3. The molecular formula is C23H33N5. The molecule has 5 heteroatoms. The smallest absolute Gasteiger partial charge is 0.191 e. The van der Waals surface area contributed by atoms with Gasteiger partial charge in [-0.1, -0.05) is 36.8 Å². The van der Waals surface area contributed by atoms with Crippen molar-refractivity contribution in [1.82, 2.24) is 15.6 Å². The second kappa shape index (κ2) is 10.1. The molecule has 0 bridgehead atoms. The molecule has 1 aromatic carbocycles. The van der Waals surface area contributed by atoms with Crippen molar-refractivity contribution in [3.63, 3.8) is 0 Å². The molecule has 150 valence electrons. The Morgan fingerprint density at radius 3 is 2.75 bits per heavy atom. The van der Waals surface area contributed by atoms with Crippen LogP contribution in [0.15, 0.2) is 47.6 Å². The Bertz CT molecular complexity index is 780. The highest BCUT2D eigenvalue weighted by Crippen LogP contribution is 2.19. The number of rotatable bonds is 7. The zero-order valence-electron chi connectivity index (χ0n) is 17.4. The number of pyridine rings is 1. The van der Waals surface area contributed by atoms with Gasteiger partial charge in [-0.3, -0.25) is 0 Å². The minimum Gasteiger partial charge on any atom is -0.357 e. The average molecular weight is 380 g/mol. The minimum absolute atomic E-state index is 0.423. The molecule has 2 heterocycles. The van der Waals surface area contributed by atoms with Crippen LogP contribution in [-0.2, 0) is 6.54 Å². The Morgan fingerprint density at radius 2 is 2.00 bits per heavy atom. The third-order valence-electron chi connectivity index (χ3n) is 5.19. The van der Waals surface area contributed by atoms with Crippen LogP contribution in [0.5, 0.6) is 0 Å². The highest BCUT2D eigenvalue weighted by molar-refractivity contribution is 5.79. The monoisotopic (exact) mass is 379 g/mol. The molecule has 1 saturated heterocycles. The van der Waals surface area contributed by atoms with Crippen LogP contribution in [-0.4, -0.2) is 37.1 Å². The van der Waals surface area contributed by atoms with Crippen molar-refractivity contribution in [3.8, 4) is 0 Å². The van der Waals surface area contributed by atoms with Gasteiger partial charge in [0.1, 0.15) is 5.82 Å². The summed E-state index contributed by atoms with van der Waals surface area (Å²) in [5.41, 5.74) is 3.85. The lowest BCUT2D eigenvalue weighted by molar-refractivity contribution is 0.699. The van der Waals surface area contributed by atoms with E-state index in [1.54, 1.807) is 0 Å². The van der Waals surface area contributed by atoms with E-state index in [-0.39, 0.29) is 0 Å². The molecule has 1 aromatic heterocycles. The molecule has 0 amide bonds. The molecule has 28 heavy (non-hydrogen) atoms. The molecule has 1 atom stereocenters. The summed E-state index contributed by atoms with van der Waals surface area (Å²) >= 11 is 0. The quantitative estimate of drug-likeness (QED) is 0.567. The van der Waals surface area contributed by atoms with Gasteiger partial charge in [-0.05, 0) is 55.9 Å². The summed E-state index contributed by atoms with van der Waals surface area (Å²) in [5.74, 6) is 2.37. The van der Waals surface area contributed by atoms with E-state index in [1.165, 1.54) is 29.5 Å². The first-order valence-corrected chi connectivity index (χ1v) is 10.4. The van der Waals surface area contributed by atoms with Crippen LogP contribution in [0.3, 0.4) is 0 Å². The van der Waals surface area contributed by atoms with E-state index in [1.807, 2.05) is 6.20 Å². The molecule has 2 N–H and O–H groups in total. The van der Waals surface area contributed by atoms with Crippen LogP contribution >= 0.6 is 0 Å². The van der Waals surface area contributed by atoms with Gasteiger partial charge in [0.2, 0.25) is 0 Å². The van der Waals surface area contributed by atoms with Crippen LogP contribution < -0.4 is 15.5 Å². The topological polar surface area (TPSA) is 52.6 Å². The molecule has 0 saturated carbocycles. The Balaban J connectivity index is 1.60. The minimum atomic E-state index is 0.423. The maximum Gasteiger partial charge on any atom is 0.191 e. The highest BCUT2D eigenvalue weighted by Gasteiger charge is 2.13. The maximum atomic E-state index is 4.78. The van der Waals surface area contributed by atoms with Gasteiger partial charge >= 0.3 is 0 Å². The molecule has 5 nitrogen and oxygen atoms in total. The van der Waals surface area contributed by atoms with E-state index in [9.17, 15) is 0 Å². The largest absolute Gasteiger partial charge is 0.357 e. The molecule has 1 unspecified atom stereocenters. The van der Waals surface area contributed by atoms with E-state index in [0.29, 0.717) is 12.5 Å². The Labute approximate surface area is 169 Å². The number of aromatic nitrogens is 1. The van der Waals surface area contributed by atoms with E-state index >= 15 is 0 Å². The molecule has 1 aliphatic heterocycles. The normalized spacial score (nSPS) is 15.5. The summed E-state index contributed by atoms with van der Waals surface area (Å²) in [6.07, 6.45) is 4.42.